The average Bonchev–Trinajstić information content (AvgIpc) is 2.65. The molecule has 154 valence electrons. The molecule has 6 nitrogen and oxygen atoms in total. The van der Waals surface area contributed by atoms with E-state index >= 15 is 0 Å². The van der Waals surface area contributed by atoms with Gasteiger partial charge in [0.1, 0.15) is 5.54 Å². The van der Waals surface area contributed by atoms with Crippen molar-refractivity contribution < 1.29 is 19.5 Å². The molecule has 4 saturated carbocycles. The molecular formula is C23H28N2O4. The standard InChI is InChI=1S/C23H28N2O4/c1-23(2)22(29)24(20-16-8-13-7-14(10-16)11-17(20)9-13)25(23)21(28)18-6-4-3-5-15(18)12-19(26)27/h3-6,13-14,16-17,20H,7-12H2,1-2H3,(H,26,27). The number of carboxylic acids is 1. The smallest absolute Gasteiger partial charge is 0.307 e. The number of hydrogen-bond acceptors (Lipinski definition) is 3. The van der Waals surface area contributed by atoms with Crippen LogP contribution in [0, 0.1) is 23.7 Å². The first-order chi connectivity index (χ1) is 13.8. The molecule has 0 radical (unpaired) electrons. The van der Waals surface area contributed by atoms with Gasteiger partial charge in [-0.25, -0.2) is 10.0 Å². The van der Waals surface area contributed by atoms with E-state index in [1.807, 2.05) is 0 Å². The largest absolute Gasteiger partial charge is 0.481 e. The van der Waals surface area contributed by atoms with Gasteiger partial charge in [0.05, 0.1) is 12.5 Å². The number of hydrogen-bond donors (Lipinski definition) is 1. The number of benzene rings is 1. The predicted octanol–water partition coefficient (Wildman–Crippen LogP) is 3.12. The highest BCUT2D eigenvalue weighted by Crippen LogP contribution is 2.57. The Balaban J connectivity index is 1.48. The molecule has 0 unspecified atom stereocenters. The van der Waals surface area contributed by atoms with Crippen molar-refractivity contribution in [3.8, 4) is 0 Å². The van der Waals surface area contributed by atoms with Crippen molar-refractivity contribution in [3.63, 3.8) is 0 Å². The minimum atomic E-state index is -0.970. The highest BCUT2D eigenvalue weighted by atomic mass is 16.4. The highest BCUT2D eigenvalue weighted by molar-refractivity contribution is 6.05. The molecule has 0 spiro atoms. The molecule has 1 aromatic rings. The van der Waals surface area contributed by atoms with Gasteiger partial charge in [-0.05, 0) is 81.3 Å². The van der Waals surface area contributed by atoms with Crippen LogP contribution >= 0.6 is 0 Å². The molecule has 6 heteroatoms. The Bertz CT molecular complexity index is 865. The van der Waals surface area contributed by atoms with Gasteiger partial charge in [0.2, 0.25) is 0 Å². The van der Waals surface area contributed by atoms with Crippen molar-refractivity contribution in [2.45, 2.75) is 64.0 Å². The van der Waals surface area contributed by atoms with Gasteiger partial charge >= 0.3 is 5.97 Å². The minimum absolute atomic E-state index is 0.0130. The lowest BCUT2D eigenvalue weighted by molar-refractivity contribution is -0.230. The van der Waals surface area contributed by atoms with Gasteiger partial charge in [0.15, 0.2) is 0 Å². The van der Waals surface area contributed by atoms with E-state index < -0.39 is 11.5 Å². The molecule has 0 aromatic heterocycles. The van der Waals surface area contributed by atoms with Crippen LogP contribution in [-0.2, 0) is 16.0 Å². The summed E-state index contributed by atoms with van der Waals surface area (Å²) in [4.78, 5) is 38.0. The molecule has 1 N–H and O–H groups in total. The van der Waals surface area contributed by atoms with E-state index in [-0.39, 0.29) is 24.3 Å². The zero-order valence-corrected chi connectivity index (χ0v) is 17.0. The van der Waals surface area contributed by atoms with Gasteiger partial charge in [-0.3, -0.25) is 14.4 Å². The highest BCUT2D eigenvalue weighted by Gasteiger charge is 2.62. The first kappa shape index (κ1) is 18.6. The molecule has 1 aliphatic heterocycles. The van der Waals surface area contributed by atoms with E-state index in [1.54, 1.807) is 48.1 Å². The van der Waals surface area contributed by atoms with E-state index in [0.29, 0.717) is 23.0 Å². The Morgan fingerprint density at radius 1 is 1.03 bits per heavy atom. The Labute approximate surface area is 170 Å². The summed E-state index contributed by atoms with van der Waals surface area (Å²) in [5.41, 5.74) is -0.0308. The van der Waals surface area contributed by atoms with Crippen molar-refractivity contribution >= 4 is 17.8 Å². The fourth-order valence-electron chi connectivity index (χ4n) is 6.76. The molecule has 5 aliphatic rings. The zero-order valence-electron chi connectivity index (χ0n) is 17.0. The van der Waals surface area contributed by atoms with Crippen LogP contribution in [0.5, 0.6) is 0 Å². The molecule has 4 bridgehead atoms. The lowest BCUT2D eigenvalue weighted by Gasteiger charge is -2.65. The van der Waals surface area contributed by atoms with Crippen molar-refractivity contribution in [2.24, 2.45) is 23.7 Å². The average molecular weight is 396 g/mol. The second-order valence-electron chi connectivity index (χ2n) is 9.97. The maximum atomic E-state index is 13.6. The zero-order chi connectivity index (χ0) is 20.5. The number of hydrazine groups is 1. The van der Waals surface area contributed by atoms with Crippen LogP contribution in [0.4, 0.5) is 0 Å². The summed E-state index contributed by atoms with van der Waals surface area (Å²) < 4.78 is 0. The monoisotopic (exact) mass is 396 g/mol. The van der Waals surface area contributed by atoms with Crippen LogP contribution in [-0.4, -0.2) is 44.5 Å². The van der Waals surface area contributed by atoms with Gasteiger partial charge in [0, 0.05) is 5.56 Å². The molecular weight excluding hydrogens is 368 g/mol. The number of aliphatic carboxylic acids is 1. The van der Waals surface area contributed by atoms with Gasteiger partial charge in [0.25, 0.3) is 11.8 Å². The number of nitrogens with zero attached hydrogens (tertiary/aromatic N) is 2. The summed E-state index contributed by atoms with van der Waals surface area (Å²) in [5, 5.41) is 12.6. The van der Waals surface area contributed by atoms with Crippen LogP contribution < -0.4 is 0 Å². The number of carbonyl (C=O) groups is 3. The number of amides is 2. The second-order valence-corrected chi connectivity index (χ2v) is 9.97. The summed E-state index contributed by atoms with van der Waals surface area (Å²) in [6.07, 6.45) is 5.80. The number of rotatable bonds is 4. The number of carboxylic acid groups (broad SMARTS) is 1. The third-order valence-corrected chi connectivity index (χ3v) is 7.72. The van der Waals surface area contributed by atoms with E-state index in [2.05, 4.69) is 0 Å². The quantitative estimate of drug-likeness (QED) is 0.848. The Kier molecular flexibility index (Phi) is 4.06. The van der Waals surface area contributed by atoms with Crippen LogP contribution in [0.15, 0.2) is 24.3 Å². The predicted molar refractivity (Wildman–Crippen MR) is 106 cm³/mol. The minimum Gasteiger partial charge on any atom is -0.481 e. The van der Waals surface area contributed by atoms with Gasteiger partial charge < -0.3 is 5.11 Å². The van der Waals surface area contributed by atoms with Crippen LogP contribution in [0.1, 0.15) is 61.9 Å². The third kappa shape index (κ3) is 2.71. The SMILES string of the molecule is CC1(C)C(=O)N(C2C3CC4CC(C3)CC2C4)N1C(=O)c1ccccc1CC(=O)O. The maximum absolute atomic E-state index is 13.6. The molecule has 4 aliphatic carbocycles. The first-order valence-electron chi connectivity index (χ1n) is 10.7. The molecule has 0 atom stereocenters. The summed E-state index contributed by atoms with van der Waals surface area (Å²) in [5.74, 6) is 1.32. The normalized spacial score (nSPS) is 34.3. The van der Waals surface area contributed by atoms with Crippen molar-refractivity contribution in [1.82, 2.24) is 10.0 Å². The van der Waals surface area contributed by atoms with Gasteiger partial charge in [-0.2, -0.15) is 0 Å². The molecule has 1 heterocycles. The van der Waals surface area contributed by atoms with Crippen molar-refractivity contribution in [3.05, 3.63) is 35.4 Å². The van der Waals surface area contributed by atoms with Gasteiger partial charge in [-0.15, -0.1) is 0 Å². The van der Waals surface area contributed by atoms with Crippen LogP contribution in [0.2, 0.25) is 0 Å². The fourth-order valence-corrected chi connectivity index (χ4v) is 6.76. The van der Waals surface area contributed by atoms with Crippen molar-refractivity contribution in [2.75, 3.05) is 0 Å². The van der Waals surface area contributed by atoms with Gasteiger partial charge in [-0.1, -0.05) is 18.2 Å². The first-order valence-corrected chi connectivity index (χ1v) is 10.7. The maximum Gasteiger partial charge on any atom is 0.307 e. The fraction of sp³-hybridized carbons (Fsp3) is 0.609. The van der Waals surface area contributed by atoms with E-state index in [1.165, 1.54) is 32.1 Å². The molecule has 5 fully saturated rings. The molecule has 1 aromatic carbocycles. The third-order valence-electron chi connectivity index (χ3n) is 7.72. The topological polar surface area (TPSA) is 77.9 Å². The lowest BCUT2D eigenvalue weighted by atomic mass is 9.53. The van der Waals surface area contributed by atoms with Crippen LogP contribution in [0.3, 0.4) is 0 Å². The van der Waals surface area contributed by atoms with E-state index in [9.17, 15) is 19.5 Å². The Hall–Kier alpha value is -2.37. The number of carbonyl (C=O) groups excluding carboxylic acids is 2. The summed E-state index contributed by atoms with van der Waals surface area (Å²) in [6.45, 7) is 3.58. The molecule has 1 saturated heterocycles. The summed E-state index contributed by atoms with van der Waals surface area (Å²) in [6, 6.07) is 6.97. The summed E-state index contributed by atoms with van der Waals surface area (Å²) >= 11 is 0. The van der Waals surface area contributed by atoms with E-state index in [4.69, 9.17) is 0 Å². The second kappa shape index (κ2) is 6.31. The molecule has 29 heavy (non-hydrogen) atoms. The Morgan fingerprint density at radius 3 is 2.21 bits per heavy atom. The lowest BCUT2D eigenvalue weighted by Crippen LogP contribution is -2.80. The Morgan fingerprint density at radius 2 is 1.62 bits per heavy atom. The summed E-state index contributed by atoms with van der Waals surface area (Å²) in [7, 11) is 0. The molecule has 2 amide bonds. The van der Waals surface area contributed by atoms with E-state index in [0.717, 1.165) is 11.8 Å². The van der Waals surface area contributed by atoms with Crippen molar-refractivity contribution in [1.29, 1.82) is 0 Å². The molecule has 6 rings (SSSR count). The van der Waals surface area contributed by atoms with Crippen LogP contribution in [0.25, 0.3) is 0 Å².